The van der Waals surface area contributed by atoms with E-state index in [4.69, 9.17) is 5.11 Å². The summed E-state index contributed by atoms with van der Waals surface area (Å²) in [5.41, 5.74) is 0.316. The molecule has 0 aliphatic carbocycles. The fraction of sp³-hybridized carbons (Fsp3) is 0.545. The van der Waals surface area contributed by atoms with Crippen molar-refractivity contribution in [3.8, 4) is 0 Å². The van der Waals surface area contributed by atoms with Crippen molar-refractivity contribution in [2.24, 2.45) is 7.05 Å². The molecule has 1 aromatic rings. The lowest BCUT2D eigenvalue weighted by molar-refractivity contribution is -0.139. The Balaban J connectivity index is 2.68. The van der Waals surface area contributed by atoms with Gasteiger partial charge < -0.3 is 15.7 Å². The highest BCUT2D eigenvalue weighted by Gasteiger charge is 2.24. The topological polar surface area (TPSA) is 130 Å². The molecule has 3 N–H and O–H groups in total. The minimum atomic E-state index is -3.23. The van der Waals surface area contributed by atoms with E-state index in [-0.39, 0.29) is 5.75 Å². The van der Waals surface area contributed by atoms with Gasteiger partial charge >= 0.3 is 12.0 Å². The normalized spacial score (nSPS) is 14.2. The zero-order chi connectivity index (χ0) is 16.2. The molecule has 0 bridgehead atoms. The third-order valence-electron chi connectivity index (χ3n) is 2.51. The van der Waals surface area contributed by atoms with Crippen LogP contribution in [0.3, 0.4) is 0 Å². The Labute approximate surface area is 122 Å². The van der Waals surface area contributed by atoms with Crippen LogP contribution in [0, 0.1) is 0 Å². The van der Waals surface area contributed by atoms with Gasteiger partial charge in [0, 0.05) is 31.1 Å². The molecule has 0 radical (unpaired) electrons. The van der Waals surface area contributed by atoms with Crippen molar-refractivity contribution in [3.63, 3.8) is 0 Å². The molecule has 0 spiro atoms. The van der Waals surface area contributed by atoms with Crippen LogP contribution in [0.1, 0.15) is 18.5 Å². The van der Waals surface area contributed by atoms with Crippen LogP contribution < -0.4 is 10.6 Å². The number of carbonyl (C=O) groups excluding carboxylic acids is 1. The molecule has 0 saturated heterocycles. The molecule has 2 unspecified atom stereocenters. The van der Waals surface area contributed by atoms with Crippen LogP contribution in [0.25, 0.3) is 0 Å². The second-order valence-electron chi connectivity index (χ2n) is 4.83. The first-order chi connectivity index (χ1) is 9.58. The number of aryl methyl sites for hydroxylation is 1. The van der Waals surface area contributed by atoms with Gasteiger partial charge in [-0.3, -0.25) is 4.68 Å². The average molecular weight is 318 g/mol. The van der Waals surface area contributed by atoms with Crippen molar-refractivity contribution >= 4 is 21.8 Å². The van der Waals surface area contributed by atoms with Gasteiger partial charge in [-0.25, -0.2) is 18.0 Å². The molecule has 0 aromatic carbocycles. The summed E-state index contributed by atoms with van der Waals surface area (Å²) in [7, 11) is -1.61. The number of rotatable bonds is 6. The number of amides is 2. The van der Waals surface area contributed by atoms with Crippen LogP contribution in [-0.4, -0.2) is 53.4 Å². The van der Waals surface area contributed by atoms with Crippen LogP contribution >= 0.6 is 0 Å². The van der Waals surface area contributed by atoms with E-state index in [2.05, 4.69) is 15.7 Å². The van der Waals surface area contributed by atoms with Crippen molar-refractivity contribution < 1.29 is 23.1 Å². The highest BCUT2D eigenvalue weighted by atomic mass is 32.2. The number of carboxylic acid groups (broad SMARTS) is 1. The smallest absolute Gasteiger partial charge is 0.331 e. The molecule has 10 heteroatoms. The number of nitrogens with one attached hydrogen (secondary N) is 2. The largest absolute Gasteiger partial charge is 0.479 e. The van der Waals surface area contributed by atoms with E-state index >= 15 is 0 Å². The van der Waals surface area contributed by atoms with E-state index in [9.17, 15) is 18.0 Å². The summed E-state index contributed by atoms with van der Waals surface area (Å²) in [5.74, 6) is -1.47. The molecule has 0 saturated carbocycles. The van der Waals surface area contributed by atoms with E-state index in [1.54, 1.807) is 7.05 Å². The Morgan fingerprint density at radius 3 is 2.48 bits per heavy atom. The van der Waals surface area contributed by atoms with Gasteiger partial charge in [0.05, 0.1) is 11.9 Å². The van der Waals surface area contributed by atoms with E-state index in [0.717, 1.165) is 6.26 Å². The van der Waals surface area contributed by atoms with Gasteiger partial charge in [0.2, 0.25) is 0 Å². The SMILES string of the molecule is CC(CS(C)(=O)=O)NC(=O)NC(C(=O)O)c1cnn(C)c1. The van der Waals surface area contributed by atoms with Gasteiger partial charge in [0.1, 0.15) is 9.84 Å². The van der Waals surface area contributed by atoms with Crippen LogP contribution in [-0.2, 0) is 21.7 Å². The molecular formula is C11H18N4O5S. The second kappa shape index (κ2) is 6.57. The lowest BCUT2D eigenvalue weighted by Crippen LogP contribution is -2.46. The van der Waals surface area contributed by atoms with Crippen molar-refractivity contribution in [3.05, 3.63) is 18.0 Å². The summed E-state index contributed by atoms with van der Waals surface area (Å²) >= 11 is 0. The van der Waals surface area contributed by atoms with Gasteiger partial charge in [-0.05, 0) is 6.92 Å². The number of urea groups is 1. The summed E-state index contributed by atoms with van der Waals surface area (Å²) in [6.07, 6.45) is 3.86. The fourth-order valence-electron chi connectivity index (χ4n) is 1.77. The fourth-order valence-corrected chi connectivity index (χ4v) is 2.76. The predicted molar refractivity (Wildman–Crippen MR) is 74.4 cm³/mol. The van der Waals surface area contributed by atoms with E-state index in [1.807, 2.05) is 0 Å². The second-order valence-corrected chi connectivity index (χ2v) is 7.01. The number of carbonyl (C=O) groups is 2. The van der Waals surface area contributed by atoms with E-state index < -0.39 is 33.9 Å². The number of hydrogen-bond acceptors (Lipinski definition) is 5. The minimum absolute atomic E-state index is 0.231. The molecule has 0 aliphatic heterocycles. The van der Waals surface area contributed by atoms with Gasteiger partial charge in [-0.2, -0.15) is 5.10 Å². The van der Waals surface area contributed by atoms with Crippen molar-refractivity contribution in [1.82, 2.24) is 20.4 Å². The maximum absolute atomic E-state index is 11.7. The molecule has 0 aliphatic rings. The summed E-state index contributed by atoms with van der Waals surface area (Å²) in [6, 6.07) is -2.66. The summed E-state index contributed by atoms with van der Waals surface area (Å²) < 4.78 is 23.6. The summed E-state index contributed by atoms with van der Waals surface area (Å²) in [5, 5.41) is 17.6. The molecule has 118 valence electrons. The lowest BCUT2D eigenvalue weighted by Gasteiger charge is -2.17. The highest BCUT2D eigenvalue weighted by molar-refractivity contribution is 7.90. The zero-order valence-corrected chi connectivity index (χ0v) is 12.7. The lowest BCUT2D eigenvalue weighted by atomic mass is 10.1. The number of nitrogens with zero attached hydrogens (tertiary/aromatic N) is 2. The maximum atomic E-state index is 11.7. The molecule has 1 heterocycles. The quantitative estimate of drug-likeness (QED) is 0.634. The van der Waals surface area contributed by atoms with Gasteiger partial charge in [0.25, 0.3) is 0 Å². The van der Waals surface area contributed by atoms with E-state index in [0.29, 0.717) is 5.56 Å². The minimum Gasteiger partial charge on any atom is -0.479 e. The maximum Gasteiger partial charge on any atom is 0.331 e. The number of aromatic nitrogens is 2. The molecule has 9 nitrogen and oxygen atoms in total. The van der Waals surface area contributed by atoms with Crippen molar-refractivity contribution in [2.75, 3.05) is 12.0 Å². The zero-order valence-electron chi connectivity index (χ0n) is 11.9. The Morgan fingerprint density at radius 2 is 2.05 bits per heavy atom. The van der Waals surface area contributed by atoms with Gasteiger partial charge in [-0.15, -0.1) is 0 Å². The van der Waals surface area contributed by atoms with Crippen LogP contribution in [0.15, 0.2) is 12.4 Å². The monoisotopic (exact) mass is 318 g/mol. The molecule has 2 amide bonds. The molecule has 0 fully saturated rings. The predicted octanol–water partition coefficient (Wildman–Crippen LogP) is -0.722. The molecule has 1 aromatic heterocycles. The van der Waals surface area contributed by atoms with Crippen molar-refractivity contribution in [1.29, 1.82) is 0 Å². The average Bonchev–Trinajstić information content (AvgIpc) is 2.69. The standard InChI is InChI=1S/C11H18N4O5S/c1-7(6-21(3,19)20)13-11(18)14-9(10(16)17)8-4-12-15(2)5-8/h4-5,7,9H,6H2,1-3H3,(H,16,17)(H2,13,14,18). The summed E-state index contributed by atoms with van der Waals surface area (Å²) in [4.78, 5) is 22.9. The molecule has 21 heavy (non-hydrogen) atoms. The van der Waals surface area contributed by atoms with Gasteiger partial charge in [0.15, 0.2) is 6.04 Å². The Morgan fingerprint density at radius 1 is 1.43 bits per heavy atom. The number of sulfone groups is 1. The third-order valence-corrected chi connectivity index (χ3v) is 3.62. The molecule has 2 atom stereocenters. The molecular weight excluding hydrogens is 300 g/mol. The number of carboxylic acids is 1. The van der Waals surface area contributed by atoms with Crippen LogP contribution in [0.2, 0.25) is 0 Å². The Bertz CT molecular complexity index is 624. The summed E-state index contributed by atoms with van der Waals surface area (Å²) in [6.45, 7) is 1.51. The third kappa shape index (κ3) is 5.81. The molecule has 1 rings (SSSR count). The Kier molecular flexibility index (Phi) is 5.30. The first-order valence-corrected chi connectivity index (χ1v) is 8.10. The van der Waals surface area contributed by atoms with Crippen LogP contribution in [0.5, 0.6) is 0 Å². The Hall–Kier alpha value is -2.10. The first-order valence-electron chi connectivity index (χ1n) is 6.04. The van der Waals surface area contributed by atoms with E-state index in [1.165, 1.54) is 24.0 Å². The highest BCUT2D eigenvalue weighted by Crippen LogP contribution is 2.11. The van der Waals surface area contributed by atoms with Crippen LogP contribution in [0.4, 0.5) is 4.79 Å². The van der Waals surface area contributed by atoms with Crippen molar-refractivity contribution in [2.45, 2.75) is 19.0 Å². The number of hydrogen-bond donors (Lipinski definition) is 3. The number of aliphatic carboxylic acids is 1. The first kappa shape index (κ1) is 17.0. The van der Waals surface area contributed by atoms with Gasteiger partial charge in [-0.1, -0.05) is 0 Å².